The number of para-hydroxylation sites is 1. The number of ether oxygens (including phenoxy) is 1. The van der Waals surface area contributed by atoms with Gasteiger partial charge in [0.05, 0.1) is 29.4 Å². The van der Waals surface area contributed by atoms with Gasteiger partial charge < -0.3 is 10.1 Å². The van der Waals surface area contributed by atoms with Gasteiger partial charge in [-0.3, -0.25) is 14.2 Å². The van der Waals surface area contributed by atoms with Crippen molar-refractivity contribution in [3.63, 3.8) is 0 Å². The van der Waals surface area contributed by atoms with E-state index in [9.17, 15) is 9.59 Å². The molecule has 6 nitrogen and oxygen atoms in total. The van der Waals surface area contributed by atoms with Crippen molar-refractivity contribution in [3.8, 4) is 0 Å². The lowest BCUT2D eigenvalue weighted by Gasteiger charge is -2.20. The monoisotopic (exact) mass is 343 g/mol. The molecule has 2 aromatic rings. The number of hydrogen-bond acceptors (Lipinski definition) is 4. The van der Waals surface area contributed by atoms with Gasteiger partial charge in [-0.05, 0) is 44.7 Å². The predicted molar refractivity (Wildman–Crippen MR) is 96.6 cm³/mol. The van der Waals surface area contributed by atoms with Gasteiger partial charge in [-0.25, -0.2) is 4.98 Å². The molecule has 25 heavy (non-hydrogen) atoms. The Labute approximate surface area is 147 Å². The number of aryl methyl sites for hydroxylation is 2. The topological polar surface area (TPSA) is 73.2 Å². The van der Waals surface area contributed by atoms with Crippen LogP contribution < -0.4 is 10.9 Å². The van der Waals surface area contributed by atoms with Gasteiger partial charge in [0, 0.05) is 19.6 Å². The summed E-state index contributed by atoms with van der Waals surface area (Å²) in [5.41, 5.74) is 1.68. The van der Waals surface area contributed by atoms with Crippen molar-refractivity contribution < 1.29 is 9.53 Å². The van der Waals surface area contributed by atoms with Crippen LogP contribution in [-0.2, 0) is 16.1 Å². The molecule has 1 N–H and O–H groups in total. The van der Waals surface area contributed by atoms with E-state index in [1.165, 1.54) is 0 Å². The second kappa shape index (κ2) is 7.78. The second-order valence-corrected chi connectivity index (χ2v) is 6.73. The first kappa shape index (κ1) is 17.6. The van der Waals surface area contributed by atoms with Crippen LogP contribution in [0.3, 0.4) is 0 Å². The summed E-state index contributed by atoms with van der Waals surface area (Å²) in [6.07, 6.45) is 4.74. The number of carbonyl (C=O) groups is 1. The summed E-state index contributed by atoms with van der Waals surface area (Å²) in [5, 5.41) is 3.62. The van der Waals surface area contributed by atoms with E-state index in [4.69, 9.17) is 4.74 Å². The van der Waals surface area contributed by atoms with E-state index in [2.05, 4.69) is 10.3 Å². The summed E-state index contributed by atoms with van der Waals surface area (Å²) >= 11 is 0. The summed E-state index contributed by atoms with van der Waals surface area (Å²) in [4.78, 5) is 29.0. The van der Waals surface area contributed by atoms with Crippen LogP contribution in [0.15, 0.2) is 29.3 Å². The summed E-state index contributed by atoms with van der Waals surface area (Å²) < 4.78 is 7.17. The summed E-state index contributed by atoms with van der Waals surface area (Å²) in [5.74, 6) is 0.000594. The zero-order valence-electron chi connectivity index (χ0n) is 14.8. The molecule has 0 aliphatic carbocycles. The molecule has 3 rings (SSSR count). The van der Waals surface area contributed by atoms with Crippen LogP contribution in [-0.4, -0.2) is 34.2 Å². The number of aromatic nitrogens is 2. The average molecular weight is 343 g/mol. The Bertz CT molecular complexity index is 809. The molecule has 2 heterocycles. The Kier molecular flexibility index (Phi) is 5.48. The van der Waals surface area contributed by atoms with Crippen LogP contribution in [0.4, 0.5) is 0 Å². The van der Waals surface area contributed by atoms with Crippen molar-refractivity contribution in [1.82, 2.24) is 14.9 Å². The van der Waals surface area contributed by atoms with Crippen molar-refractivity contribution in [3.05, 3.63) is 40.4 Å². The summed E-state index contributed by atoms with van der Waals surface area (Å²) in [6, 6.07) is 5.64. The van der Waals surface area contributed by atoms with E-state index in [-0.39, 0.29) is 23.6 Å². The third-order valence-corrected chi connectivity index (χ3v) is 4.77. The van der Waals surface area contributed by atoms with Crippen molar-refractivity contribution in [2.75, 3.05) is 6.61 Å². The lowest BCUT2D eigenvalue weighted by atomic mass is 10.1. The van der Waals surface area contributed by atoms with Gasteiger partial charge in [-0.2, -0.15) is 0 Å². The maximum atomic E-state index is 12.5. The second-order valence-electron chi connectivity index (χ2n) is 6.73. The van der Waals surface area contributed by atoms with Gasteiger partial charge in [-0.1, -0.05) is 12.1 Å². The molecule has 1 amide bonds. The number of fused-ring (bicyclic) bond motifs is 1. The molecule has 1 aromatic carbocycles. The summed E-state index contributed by atoms with van der Waals surface area (Å²) in [7, 11) is 0. The smallest absolute Gasteiger partial charge is 0.261 e. The van der Waals surface area contributed by atoms with E-state index in [1.807, 2.05) is 26.0 Å². The molecule has 134 valence electrons. The van der Waals surface area contributed by atoms with Crippen molar-refractivity contribution in [2.45, 2.75) is 58.2 Å². The highest BCUT2D eigenvalue weighted by atomic mass is 16.5. The molecule has 1 fully saturated rings. The van der Waals surface area contributed by atoms with E-state index < -0.39 is 0 Å². The number of carbonyl (C=O) groups excluding carboxylic acids is 1. The van der Waals surface area contributed by atoms with Crippen LogP contribution in [0.25, 0.3) is 10.9 Å². The van der Waals surface area contributed by atoms with Gasteiger partial charge in [0.25, 0.3) is 5.56 Å². The highest BCUT2D eigenvalue weighted by Crippen LogP contribution is 2.15. The Balaban J connectivity index is 1.55. The van der Waals surface area contributed by atoms with Gasteiger partial charge in [-0.15, -0.1) is 0 Å². The van der Waals surface area contributed by atoms with Crippen LogP contribution >= 0.6 is 0 Å². The fraction of sp³-hybridized carbons (Fsp3) is 0.526. The Hall–Kier alpha value is -2.21. The number of benzene rings is 1. The minimum Gasteiger partial charge on any atom is -0.376 e. The lowest BCUT2D eigenvalue weighted by Crippen LogP contribution is -2.40. The molecule has 1 aromatic heterocycles. The molecular weight excluding hydrogens is 318 g/mol. The zero-order chi connectivity index (χ0) is 17.8. The molecule has 1 aliphatic heterocycles. The molecule has 0 unspecified atom stereocenters. The fourth-order valence-corrected chi connectivity index (χ4v) is 3.32. The van der Waals surface area contributed by atoms with Crippen molar-refractivity contribution in [1.29, 1.82) is 0 Å². The van der Waals surface area contributed by atoms with Crippen LogP contribution in [0.2, 0.25) is 0 Å². The minimum atomic E-state index is -0.0539. The SMILES string of the molecule is Cc1cccc2c(=O)n(CCCC(=O)N[C@@H](C)[C@@H]3CCCO3)cnc12. The molecule has 2 atom stereocenters. The van der Waals surface area contributed by atoms with E-state index in [1.54, 1.807) is 17.0 Å². The predicted octanol–water partition coefficient (Wildman–Crippen LogP) is 2.17. The molecule has 1 aliphatic rings. The third kappa shape index (κ3) is 4.07. The van der Waals surface area contributed by atoms with Crippen LogP contribution in [0.1, 0.15) is 38.2 Å². The quantitative estimate of drug-likeness (QED) is 0.872. The number of nitrogens with one attached hydrogen (secondary N) is 1. The first-order valence-corrected chi connectivity index (χ1v) is 8.92. The normalized spacial score (nSPS) is 18.4. The third-order valence-electron chi connectivity index (χ3n) is 4.77. The zero-order valence-corrected chi connectivity index (χ0v) is 14.8. The average Bonchev–Trinajstić information content (AvgIpc) is 3.12. The van der Waals surface area contributed by atoms with E-state index in [0.717, 1.165) is 30.5 Å². The molecule has 0 radical (unpaired) electrons. The lowest BCUT2D eigenvalue weighted by molar-refractivity contribution is -0.122. The molecule has 1 saturated heterocycles. The standard InChI is InChI=1S/C19H25N3O3/c1-13-6-3-7-15-18(13)20-12-22(19(15)24)10-4-9-17(23)21-14(2)16-8-5-11-25-16/h3,6-7,12,14,16H,4-5,8-11H2,1-2H3,(H,21,23)/t14-,16-/m0/s1. The Morgan fingerprint density at radius 1 is 1.48 bits per heavy atom. The van der Waals surface area contributed by atoms with Crippen molar-refractivity contribution in [2.24, 2.45) is 0 Å². The van der Waals surface area contributed by atoms with Gasteiger partial charge in [0.15, 0.2) is 0 Å². The van der Waals surface area contributed by atoms with E-state index >= 15 is 0 Å². The van der Waals surface area contributed by atoms with Gasteiger partial charge >= 0.3 is 0 Å². The van der Waals surface area contributed by atoms with Gasteiger partial charge in [0.1, 0.15) is 0 Å². The van der Waals surface area contributed by atoms with Crippen molar-refractivity contribution >= 4 is 16.8 Å². The first-order valence-electron chi connectivity index (χ1n) is 8.92. The number of hydrogen-bond donors (Lipinski definition) is 1. The van der Waals surface area contributed by atoms with E-state index in [0.29, 0.717) is 24.8 Å². The fourth-order valence-electron chi connectivity index (χ4n) is 3.32. The highest BCUT2D eigenvalue weighted by molar-refractivity contribution is 5.80. The molecule has 0 saturated carbocycles. The molecule has 0 spiro atoms. The number of nitrogens with zero attached hydrogens (tertiary/aromatic N) is 2. The number of amides is 1. The number of rotatable bonds is 6. The Morgan fingerprint density at radius 3 is 3.08 bits per heavy atom. The van der Waals surface area contributed by atoms with Gasteiger partial charge in [0.2, 0.25) is 5.91 Å². The molecule has 6 heteroatoms. The molecular formula is C19H25N3O3. The largest absolute Gasteiger partial charge is 0.376 e. The minimum absolute atomic E-state index is 0.000594. The highest BCUT2D eigenvalue weighted by Gasteiger charge is 2.23. The summed E-state index contributed by atoms with van der Waals surface area (Å²) in [6.45, 7) is 5.19. The maximum absolute atomic E-state index is 12.5. The first-order chi connectivity index (χ1) is 12.1. The van der Waals surface area contributed by atoms with Crippen LogP contribution in [0, 0.1) is 6.92 Å². The Morgan fingerprint density at radius 2 is 2.32 bits per heavy atom. The van der Waals surface area contributed by atoms with Crippen LogP contribution in [0.5, 0.6) is 0 Å². The maximum Gasteiger partial charge on any atom is 0.261 e. The molecule has 0 bridgehead atoms.